The first-order valence-corrected chi connectivity index (χ1v) is 9.18. The predicted octanol–water partition coefficient (Wildman–Crippen LogP) is 4.66. The molecule has 2 atom stereocenters. The zero-order valence-electron chi connectivity index (χ0n) is 14.3. The molecule has 122 valence electrons. The van der Waals surface area contributed by atoms with Crippen molar-refractivity contribution in [3.63, 3.8) is 0 Å². The van der Waals surface area contributed by atoms with E-state index >= 15 is 0 Å². The molecule has 23 heavy (non-hydrogen) atoms. The maximum atomic E-state index is 4.34. The second-order valence-corrected chi connectivity index (χ2v) is 7.53. The van der Waals surface area contributed by atoms with Gasteiger partial charge in [-0.2, -0.15) is 0 Å². The summed E-state index contributed by atoms with van der Waals surface area (Å²) in [5.74, 6) is 0. The van der Waals surface area contributed by atoms with Gasteiger partial charge in [-0.15, -0.1) is 0 Å². The van der Waals surface area contributed by atoms with E-state index in [1.807, 2.05) is 0 Å². The topological polar surface area (TPSA) is 15.3 Å². The largest absolute Gasteiger partial charge is 0.369 e. The van der Waals surface area contributed by atoms with Gasteiger partial charge < -0.3 is 10.2 Å². The van der Waals surface area contributed by atoms with Crippen LogP contribution in [0.25, 0.3) is 0 Å². The number of hydrogen-bond acceptors (Lipinski definition) is 2. The Morgan fingerprint density at radius 2 is 2.09 bits per heavy atom. The minimum atomic E-state index is 0.143. The molecule has 1 aromatic carbocycles. The van der Waals surface area contributed by atoms with Gasteiger partial charge in [0.15, 0.2) is 0 Å². The molecule has 2 saturated heterocycles. The first-order valence-electron chi connectivity index (χ1n) is 9.18. The van der Waals surface area contributed by atoms with Crippen LogP contribution in [-0.4, -0.2) is 12.6 Å². The molecular weight excluding hydrogens is 280 g/mol. The molecule has 0 amide bonds. The van der Waals surface area contributed by atoms with Crippen molar-refractivity contribution in [2.45, 2.75) is 63.3 Å². The van der Waals surface area contributed by atoms with Gasteiger partial charge in [-0.3, -0.25) is 0 Å². The molecule has 2 fully saturated rings. The molecule has 0 bridgehead atoms. The maximum Gasteiger partial charge on any atom is 0.0371 e. The number of fused-ring (bicyclic) bond motifs is 2. The maximum absolute atomic E-state index is 4.34. The van der Waals surface area contributed by atoms with Gasteiger partial charge in [0, 0.05) is 35.1 Å². The molecule has 2 nitrogen and oxygen atoms in total. The summed E-state index contributed by atoms with van der Waals surface area (Å²) in [4.78, 5) is 2.63. The van der Waals surface area contributed by atoms with Gasteiger partial charge in [-0.25, -0.2) is 0 Å². The summed E-state index contributed by atoms with van der Waals surface area (Å²) in [5.41, 5.74) is 6.91. The van der Waals surface area contributed by atoms with Crippen molar-refractivity contribution in [3.05, 3.63) is 53.9 Å². The fourth-order valence-electron chi connectivity index (χ4n) is 5.00. The molecule has 1 N–H and O–H groups in total. The number of anilines is 1. The smallest absolute Gasteiger partial charge is 0.0371 e. The lowest BCUT2D eigenvalue weighted by Gasteiger charge is -2.38. The number of allylic oxidation sites excluding steroid dienone is 2. The van der Waals surface area contributed by atoms with Crippen LogP contribution in [0.2, 0.25) is 0 Å². The minimum absolute atomic E-state index is 0.143. The van der Waals surface area contributed by atoms with Crippen LogP contribution in [0.3, 0.4) is 0 Å². The van der Waals surface area contributed by atoms with Crippen LogP contribution in [0.4, 0.5) is 5.69 Å². The third-order valence-electron chi connectivity index (χ3n) is 6.36. The monoisotopic (exact) mass is 308 g/mol. The first-order chi connectivity index (χ1) is 11.1. The molecule has 2 heterocycles. The van der Waals surface area contributed by atoms with Crippen molar-refractivity contribution in [1.82, 2.24) is 5.32 Å². The van der Waals surface area contributed by atoms with Gasteiger partial charge in [0.2, 0.25) is 0 Å². The quantitative estimate of drug-likeness (QED) is 0.855. The summed E-state index contributed by atoms with van der Waals surface area (Å²) in [6.07, 6.45) is 8.53. The minimum Gasteiger partial charge on any atom is -0.369 e. The number of aryl methyl sites for hydroxylation is 1. The Balaban J connectivity index is 1.67. The molecule has 1 spiro atoms. The van der Waals surface area contributed by atoms with E-state index in [-0.39, 0.29) is 5.41 Å². The lowest BCUT2D eigenvalue weighted by Crippen LogP contribution is -2.37. The Labute approximate surface area is 140 Å². The molecule has 0 radical (unpaired) electrons. The van der Waals surface area contributed by atoms with Crippen LogP contribution < -0.4 is 10.2 Å². The second-order valence-electron chi connectivity index (χ2n) is 7.53. The highest BCUT2D eigenvalue weighted by atomic mass is 15.2. The summed E-state index contributed by atoms with van der Waals surface area (Å²) in [6.45, 7) is 12.0. The number of benzene rings is 1. The third-order valence-corrected chi connectivity index (χ3v) is 6.36. The van der Waals surface area contributed by atoms with Crippen LogP contribution in [0.5, 0.6) is 0 Å². The highest BCUT2D eigenvalue weighted by Gasteiger charge is 2.43. The number of nitrogens with zero attached hydrogens (tertiary/aromatic N) is 1. The molecular formula is C21H28N2. The molecule has 2 aliphatic heterocycles. The average Bonchev–Trinajstić information content (AvgIpc) is 3.16. The third kappa shape index (κ3) is 2.22. The van der Waals surface area contributed by atoms with Crippen LogP contribution in [-0.2, 0) is 11.8 Å². The molecule has 3 aliphatic rings. The van der Waals surface area contributed by atoms with Gasteiger partial charge in [0.05, 0.1) is 0 Å². The van der Waals surface area contributed by atoms with Crippen molar-refractivity contribution in [2.75, 3.05) is 11.4 Å². The summed E-state index contributed by atoms with van der Waals surface area (Å²) < 4.78 is 0. The number of rotatable bonds is 2. The molecule has 1 aromatic rings. The number of hydrogen-bond donors (Lipinski definition) is 1. The highest BCUT2D eigenvalue weighted by molar-refractivity contribution is 5.58. The van der Waals surface area contributed by atoms with Crippen LogP contribution in [0.1, 0.15) is 56.6 Å². The normalized spacial score (nSPS) is 30.0. The fourth-order valence-corrected chi connectivity index (χ4v) is 5.00. The fraction of sp³-hybridized carbons (Fsp3) is 0.524. The summed E-state index contributed by atoms with van der Waals surface area (Å²) in [5, 5.41) is 3.44. The molecule has 0 aromatic heterocycles. The van der Waals surface area contributed by atoms with E-state index in [1.54, 1.807) is 5.56 Å². The van der Waals surface area contributed by atoms with Gasteiger partial charge in [0.1, 0.15) is 0 Å². The van der Waals surface area contributed by atoms with Crippen molar-refractivity contribution in [3.8, 4) is 0 Å². The van der Waals surface area contributed by atoms with Gasteiger partial charge in [0.25, 0.3) is 0 Å². The van der Waals surface area contributed by atoms with Gasteiger partial charge in [-0.05, 0) is 68.2 Å². The Morgan fingerprint density at radius 1 is 1.26 bits per heavy atom. The molecule has 2 unspecified atom stereocenters. The number of piperidine rings is 1. The summed E-state index contributed by atoms with van der Waals surface area (Å²) in [6, 6.07) is 7.95. The standard InChI is InChI=1S/C21H28N2/c1-4-18-6-5-13-23(18)19-7-8-20-17(14-19)10-12-21(20)11-9-15(2)22-16(21)3/h7-8,14,18,22H,2-6,9-13H2,1H3. The Bertz CT molecular complexity index is 660. The SMILES string of the molecule is C=C1CCC2(CCc3cc(N4CCCC4CC)ccc32)C(=C)N1. The van der Waals surface area contributed by atoms with E-state index in [2.05, 4.69) is 48.5 Å². The zero-order valence-corrected chi connectivity index (χ0v) is 14.3. The Hall–Kier alpha value is -1.70. The van der Waals surface area contributed by atoms with Crippen molar-refractivity contribution >= 4 is 5.69 Å². The average molecular weight is 308 g/mol. The molecule has 1 aliphatic carbocycles. The molecule has 4 rings (SSSR count). The zero-order chi connectivity index (χ0) is 16.0. The van der Waals surface area contributed by atoms with Crippen molar-refractivity contribution in [2.24, 2.45) is 0 Å². The van der Waals surface area contributed by atoms with Gasteiger partial charge >= 0.3 is 0 Å². The van der Waals surface area contributed by atoms with Gasteiger partial charge in [-0.1, -0.05) is 26.1 Å². The lowest BCUT2D eigenvalue weighted by atomic mass is 9.73. The van der Waals surface area contributed by atoms with Crippen molar-refractivity contribution < 1.29 is 0 Å². The molecule has 0 saturated carbocycles. The van der Waals surface area contributed by atoms with Crippen LogP contribution in [0.15, 0.2) is 42.8 Å². The summed E-state index contributed by atoms with van der Waals surface area (Å²) in [7, 11) is 0. The van der Waals surface area contributed by atoms with E-state index in [0.29, 0.717) is 0 Å². The highest BCUT2D eigenvalue weighted by Crippen LogP contribution is 2.49. The predicted molar refractivity (Wildman–Crippen MR) is 97.7 cm³/mol. The van der Waals surface area contributed by atoms with E-state index < -0.39 is 0 Å². The molecule has 2 heteroatoms. The van der Waals surface area contributed by atoms with Crippen LogP contribution >= 0.6 is 0 Å². The number of nitrogens with one attached hydrogen (secondary N) is 1. The lowest BCUT2D eigenvalue weighted by molar-refractivity contribution is 0.404. The Morgan fingerprint density at radius 3 is 2.87 bits per heavy atom. The second kappa shape index (κ2) is 5.43. The van der Waals surface area contributed by atoms with Crippen molar-refractivity contribution in [1.29, 1.82) is 0 Å². The Kier molecular flexibility index (Phi) is 3.51. The summed E-state index contributed by atoms with van der Waals surface area (Å²) >= 11 is 0. The van der Waals surface area contributed by atoms with Crippen LogP contribution in [0, 0.1) is 0 Å². The first kappa shape index (κ1) is 14.9. The van der Waals surface area contributed by atoms with E-state index in [0.717, 1.165) is 30.3 Å². The van der Waals surface area contributed by atoms with E-state index in [1.165, 1.54) is 49.9 Å². The van der Waals surface area contributed by atoms with E-state index in [4.69, 9.17) is 0 Å². The van der Waals surface area contributed by atoms with E-state index in [9.17, 15) is 0 Å².